The van der Waals surface area contributed by atoms with Crippen LogP contribution < -0.4 is 0 Å². The molecule has 0 aliphatic rings. The molecule has 0 rings (SSSR count). The minimum atomic E-state index is -0.872. The number of carbonyl (C=O) groups excluding carboxylic acids is 1. The predicted octanol–water partition coefficient (Wildman–Crippen LogP) is 3.17. The molecule has 1 N–H and O–H groups in total. The van der Waals surface area contributed by atoms with Crippen LogP contribution >= 0.6 is 0 Å². The highest BCUT2D eigenvalue weighted by Gasteiger charge is 2.39. The van der Waals surface area contributed by atoms with Crippen molar-refractivity contribution in [2.75, 3.05) is 13.7 Å². The fraction of sp³-hybridized carbons (Fsp3) is 0.938. The van der Waals surface area contributed by atoms with Gasteiger partial charge in [-0.2, -0.15) is 0 Å². The zero-order chi connectivity index (χ0) is 15.8. The van der Waals surface area contributed by atoms with Gasteiger partial charge in [-0.1, -0.05) is 20.3 Å². The summed E-state index contributed by atoms with van der Waals surface area (Å²) in [6, 6.07) is 0. The van der Waals surface area contributed by atoms with Crippen molar-refractivity contribution in [3.05, 3.63) is 0 Å². The summed E-state index contributed by atoms with van der Waals surface area (Å²) in [7, 11) is 1.73. The van der Waals surface area contributed by atoms with Crippen molar-refractivity contribution >= 4 is 5.97 Å². The third kappa shape index (κ3) is 5.80. The summed E-state index contributed by atoms with van der Waals surface area (Å²) in [5, 5.41) is 10.4. The molecule has 4 nitrogen and oxygen atoms in total. The molecule has 120 valence electrons. The van der Waals surface area contributed by atoms with E-state index < -0.39 is 11.5 Å². The van der Waals surface area contributed by atoms with Crippen LogP contribution in [0.15, 0.2) is 0 Å². The Morgan fingerprint density at radius 1 is 1.20 bits per heavy atom. The molecule has 0 radical (unpaired) electrons. The Bertz CT molecular complexity index is 276. The Labute approximate surface area is 123 Å². The first-order valence-electron chi connectivity index (χ1n) is 7.69. The van der Waals surface area contributed by atoms with Crippen LogP contribution in [-0.4, -0.2) is 37.0 Å². The smallest absolute Gasteiger partial charge is 0.314 e. The number of hydrogen-bond acceptors (Lipinski definition) is 4. The van der Waals surface area contributed by atoms with E-state index in [2.05, 4.69) is 6.92 Å². The van der Waals surface area contributed by atoms with Crippen molar-refractivity contribution in [2.24, 2.45) is 11.3 Å². The van der Waals surface area contributed by atoms with E-state index in [4.69, 9.17) is 9.47 Å². The summed E-state index contributed by atoms with van der Waals surface area (Å²) >= 11 is 0. The number of aliphatic hydroxyl groups excluding tert-OH is 1. The van der Waals surface area contributed by atoms with E-state index in [1.165, 1.54) is 0 Å². The number of esters is 1. The van der Waals surface area contributed by atoms with Crippen LogP contribution in [0, 0.1) is 11.3 Å². The molecule has 0 saturated carbocycles. The molecule has 0 aromatic heterocycles. The van der Waals surface area contributed by atoms with E-state index >= 15 is 0 Å². The minimum Gasteiger partial charge on any atom is -0.466 e. The molecule has 4 heteroatoms. The fourth-order valence-corrected chi connectivity index (χ4v) is 2.46. The van der Waals surface area contributed by atoms with Gasteiger partial charge in [0.1, 0.15) is 0 Å². The van der Waals surface area contributed by atoms with E-state index in [9.17, 15) is 9.90 Å². The van der Waals surface area contributed by atoms with Gasteiger partial charge in [0.2, 0.25) is 0 Å². The second-order valence-corrected chi connectivity index (χ2v) is 6.09. The summed E-state index contributed by atoms with van der Waals surface area (Å²) in [5.74, 6) is -0.305. The highest BCUT2D eigenvalue weighted by Crippen LogP contribution is 2.30. The Hall–Kier alpha value is -0.610. The lowest BCUT2D eigenvalue weighted by Crippen LogP contribution is -2.42. The molecule has 0 spiro atoms. The number of aliphatic hydroxyl groups is 1. The van der Waals surface area contributed by atoms with Crippen molar-refractivity contribution < 1.29 is 19.4 Å². The fourth-order valence-electron chi connectivity index (χ4n) is 2.46. The molecule has 3 atom stereocenters. The Kier molecular flexibility index (Phi) is 9.06. The van der Waals surface area contributed by atoms with E-state index in [-0.39, 0.29) is 18.0 Å². The van der Waals surface area contributed by atoms with E-state index in [1.54, 1.807) is 27.9 Å². The van der Waals surface area contributed by atoms with Crippen LogP contribution in [0.25, 0.3) is 0 Å². The van der Waals surface area contributed by atoms with E-state index in [0.29, 0.717) is 6.61 Å². The van der Waals surface area contributed by atoms with Crippen LogP contribution in [-0.2, 0) is 14.3 Å². The van der Waals surface area contributed by atoms with Gasteiger partial charge in [-0.25, -0.2) is 0 Å². The average Bonchev–Trinajstić information content (AvgIpc) is 2.42. The number of methoxy groups -OCH3 is 1. The second kappa shape index (κ2) is 9.35. The van der Waals surface area contributed by atoms with Gasteiger partial charge in [-0.05, 0) is 46.0 Å². The molecule has 0 bridgehead atoms. The molecule has 0 heterocycles. The third-order valence-electron chi connectivity index (χ3n) is 3.97. The van der Waals surface area contributed by atoms with Crippen LogP contribution in [0.4, 0.5) is 0 Å². The molecule has 0 amide bonds. The molecule has 0 unspecified atom stereocenters. The first-order chi connectivity index (χ1) is 9.31. The highest BCUT2D eigenvalue weighted by atomic mass is 16.5. The third-order valence-corrected chi connectivity index (χ3v) is 3.97. The molecule has 0 aromatic rings. The Morgan fingerprint density at radius 2 is 1.80 bits per heavy atom. The summed E-state index contributed by atoms with van der Waals surface area (Å²) < 4.78 is 10.5. The lowest BCUT2D eigenvalue weighted by molar-refractivity contribution is -0.162. The molecule has 0 aromatic carbocycles. The first kappa shape index (κ1) is 19.4. The van der Waals surface area contributed by atoms with Crippen molar-refractivity contribution in [1.82, 2.24) is 0 Å². The van der Waals surface area contributed by atoms with Gasteiger partial charge >= 0.3 is 5.97 Å². The SMILES string of the molecule is CCC[C@H](CC[C@@H](C)[C@H](O)C(C)(C)C(=O)OCC)OC. The van der Waals surface area contributed by atoms with Crippen LogP contribution in [0.5, 0.6) is 0 Å². The molecule has 0 aliphatic carbocycles. The zero-order valence-electron chi connectivity index (χ0n) is 13.9. The van der Waals surface area contributed by atoms with Gasteiger partial charge < -0.3 is 14.6 Å². The molecule has 0 aliphatic heterocycles. The maximum absolute atomic E-state index is 11.9. The topological polar surface area (TPSA) is 55.8 Å². The van der Waals surface area contributed by atoms with Crippen molar-refractivity contribution in [3.63, 3.8) is 0 Å². The average molecular weight is 288 g/mol. The lowest BCUT2D eigenvalue weighted by atomic mass is 9.78. The Morgan fingerprint density at radius 3 is 2.25 bits per heavy atom. The van der Waals surface area contributed by atoms with Crippen molar-refractivity contribution in [3.8, 4) is 0 Å². The summed E-state index contributed by atoms with van der Waals surface area (Å²) in [6.45, 7) is 9.71. The predicted molar refractivity (Wildman–Crippen MR) is 80.5 cm³/mol. The zero-order valence-corrected chi connectivity index (χ0v) is 13.9. The maximum Gasteiger partial charge on any atom is 0.314 e. The summed E-state index contributed by atoms with van der Waals surface area (Å²) in [4.78, 5) is 11.9. The molecule has 0 saturated heterocycles. The summed E-state index contributed by atoms with van der Waals surface area (Å²) in [6.07, 6.45) is 3.38. The van der Waals surface area contributed by atoms with Gasteiger partial charge in [0.25, 0.3) is 0 Å². The molecule has 20 heavy (non-hydrogen) atoms. The maximum atomic E-state index is 11.9. The van der Waals surface area contributed by atoms with Crippen molar-refractivity contribution in [1.29, 1.82) is 0 Å². The van der Waals surface area contributed by atoms with Crippen LogP contribution in [0.3, 0.4) is 0 Å². The standard InChI is InChI=1S/C16H32O4/c1-7-9-13(19-6)11-10-12(3)14(17)16(4,5)15(18)20-8-2/h12-14,17H,7-11H2,1-6H3/t12-,13-,14+/m1/s1. The van der Waals surface area contributed by atoms with E-state index in [1.807, 2.05) is 6.92 Å². The largest absolute Gasteiger partial charge is 0.466 e. The van der Waals surface area contributed by atoms with Gasteiger partial charge in [-0.3, -0.25) is 4.79 Å². The quantitative estimate of drug-likeness (QED) is 0.627. The van der Waals surface area contributed by atoms with Gasteiger partial charge in [-0.15, -0.1) is 0 Å². The highest BCUT2D eigenvalue weighted by molar-refractivity contribution is 5.76. The molecule has 0 fully saturated rings. The number of rotatable bonds is 10. The van der Waals surface area contributed by atoms with Crippen molar-refractivity contribution in [2.45, 2.75) is 72.5 Å². The van der Waals surface area contributed by atoms with Gasteiger partial charge in [0, 0.05) is 7.11 Å². The second-order valence-electron chi connectivity index (χ2n) is 6.09. The number of hydrogen-bond donors (Lipinski definition) is 1. The van der Waals surface area contributed by atoms with Crippen LogP contribution in [0.1, 0.15) is 60.3 Å². The molecular weight excluding hydrogens is 256 g/mol. The monoisotopic (exact) mass is 288 g/mol. The van der Waals surface area contributed by atoms with Crippen LogP contribution in [0.2, 0.25) is 0 Å². The Balaban J connectivity index is 4.45. The normalized spacial score (nSPS) is 16.6. The van der Waals surface area contributed by atoms with Gasteiger partial charge in [0.05, 0.1) is 24.2 Å². The lowest BCUT2D eigenvalue weighted by Gasteiger charge is -2.32. The molecular formula is C16H32O4. The van der Waals surface area contributed by atoms with E-state index in [0.717, 1.165) is 25.7 Å². The number of carbonyl (C=O) groups is 1. The first-order valence-corrected chi connectivity index (χ1v) is 7.69. The minimum absolute atomic E-state index is 0.0314. The van der Waals surface area contributed by atoms with Gasteiger partial charge in [0.15, 0.2) is 0 Å². The number of ether oxygens (including phenoxy) is 2. The summed E-state index contributed by atoms with van der Waals surface area (Å²) in [5.41, 5.74) is -0.872.